The van der Waals surface area contributed by atoms with Crippen molar-refractivity contribution in [2.24, 2.45) is 5.92 Å². The van der Waals surface area contributed by atoms with Crippen molar-refractivity contribution in [2.75, 3.05) is 11.4 Å². The van der Waals surface area contributed by atoms with E-state index in [1.165, 1.54) is 0 Å². The lowest BCUT2D eigenvalue weighted by atomic mass is 9.95. The third-order valence-electron chi connectivity index (χ3n) is 4.63. The second-order valence-corrected chi connectivity index (χ2v) is 6.61. The van der Waals surface area contributed by atoms with Gasteiger partial charge in [0.1, 0.15) is 0 Å². The molecule has 1 aromatic carbocycles. The van der Waals surface area contributed by atoms with Crippen molar-refractivity contribution in [2.45, 2.75) is 33.1 Å². The van der Waals surface area contributed by atoms with Crippen molar-refractivity contribution in [3.8, 4) is 0 Å². The van der Waals surface area contributed by atoms with E-state index in [0.717, 1.165) is 23.2 Å². The van der Waals surface area contributed by atoms with Gasteiger partial charge in [0.2, 0.25) is 5.91 Å². The minimum atomic E-state index is -0.243. The highest BCUT2D eigenvalue weighted by Gasteiger charge is 2.28. The Kier molecular flexibility index (Phi) is 4.47. The maximum atomic E-state index is 12.9. The maximum Gasteiger partial charge on any atom is 0.234 e. The van der Waals surface area contributed by atoms with Crippen LogP contribution in [0.15, 0.2) is 42.7 Å². The van der Waals surface area contributed by atoms with E-state index in [9.17, 15) is 9.59 Å². The van der Waals surface area contributed by atoms with Gasteiger partial charge in [-0.15, -0.1) is 0 Å². The maximum absolute atomic E-state index is 12.9. The summed E-state index contributed by atoms with van der Waals surface area (Å²) >= 11 is 0. The van der Waals surface area contributed by atoms with Gasteiger partial charge in [0, 0.05) is 36.1 Å². The molecule has 0 spiro atoms. The van der Waals surface area contributed by atoms with Crippen LogP contribution in [-0.2, 0) is 11.2 Å². The van der Waals surface area contributed by atoms with E-state index in [-0.39, 0.29) is 23.5 Å². The Hall–Kier alpha value is -2.49. The highest BCUT2D eigenvalue weighted by molar-refractivity contribution is 6.00. The van der Waals surface area contributed by atoms with Gasteiger partial charge in [0.05, 0.1) is 5.92 Å². The van der Waals surface area contributed by atoms with Gasteiger partial charge in [0.25, 0.3) is 0 Å². The first-order chi connectivity index (χ1) is 11.5. The third kappa shape index (κ3) is 2.96. The molecule has 0 N–H and O–H groups in total. The zero-order chi connectivity index (χ0) is 17.3. The topological polar surface area (TPSA) is 50.3 Å². The summed E-state index contributed by atoms with van der Waals surface area (Å²) < 4.78 is 0. The lowest BCUT2D eigenvalue weighted by Crippen LogP contribution is -2.32. The SMILES string of the molecule is CC(C)C(=O)c1ccc([C@H](C)C(=O)N2CCc3cnccc32)cc1. The first-order valence-electron chi connectivity index (χ1n) is 8.37. The van der Waals surface area contributed by atoms with Crippen molar-refractivity contribution >= 4 is 17.4 Å². The fourth-order valence-electron chi connectivity index (χ4n) is 3.10. The molecule has 0 aliphatic carbocycles. The van der Waals surface area contributed by atoms with Crippen molar-refractivity contribution in [3.05, 3.63) is 59.4 Å². The zero-order valence-electron chi connectivity index (χ0n) is 14.3. The van der Waals surface area contributed by atoms with Crippen molar-refractivity contribution in [3.63, 3.8) is 0 Å². The number of hydrogen-bond acceptors (Lipinski definition) is 3. The third-order valence-corrected chi connectivity index (χ3v) is 4.63. The summed E-state index contributed by atoms with van der Waals surface area (Å²) in [5, 5.41) is 0. The first-order valence-corrected chi connectivity index (χ1v) is 8.37. The number of nitrogens with zero attached hydrogens (tertiary/aromatic N) is 2. The highest BCUT2D eigenvalue weighted by Crippen LogP contribution is 2.30. The fraction of sp³-hybridized carbons (Fsp3) is 0.350. The number of anilines is 1. The largest absolute Gasteiger partial charge is 0.311 e. The van der Waals surface area contributed by atoms with E-state index >= 15 is 0 Å². The lowest BCUT2D eigenvalue weighted by molar-refractivity contribution is -0.119. The number of Topliss-reactive ketones (excluding diaryl/α,β-unsaturated/α-hetero) is 1. The summed E-state index contributed by atoms with van der Waals surface area (Å²) in [6.07, 6.45) is 4.41. The van der Waals surface area contributed by atoms with E-state index in [0.29, 0.717) is 12.1 Å². The van der Waals surface area contributed by atoms with Crippen LogP contribution in [0.1, 0.15) is 48.2 Å². The Morgan fingerprint density at radius 1 is 1.08 bits per heavy atom. The Bertz CT molecular complexity index is 765. The second kappa shape index (κ2) is 6.56. The molecule has 4 heteroatoms. The molecule has 0 bridgehead atoms. The smallest absolute Gasteiger partial charge is 0.234 e. The van der Waals surface area contributed by atoms with Crippen molar-refractivity contribution in [1.29, 1.82) is 0 Å². The Balaban J connectivity index is 1.78. The molecular weight excluding hydrogens is 300 g/mol. The number of carbonyl (C=O) groups excluding carboxylic acids is 2. The number of rotatable bonds is 4. The van der Waals surface area contributed by atoms with Gasteiger partial charge in [-0.1, -0.05) is 38.1 Å². The molecule has 0 radical (unpaired) electrons. The number of fused-ring (bicyclic) bond motifs is 1. The van der Waals surface area contributed by atoms with Gasteiger partial charge >= 0.3 is 0 Å². The predicted molar refractivity (Wildman–Crippen MR) is 94.3 cm³/mol. The van der Waals surface area contributed by atoms with Crippen LogP contribution in [0, 0.1) is 5.92 Å². The van der Waals surface area contributed by atoms with Crippen molar-refractivity contribution < 1.29 is 9.59 Å². The van der Waals surface area contributed by atoms with E-state index in [2.05, 4.69) is 4.98 Å². The summed E-state index contributed by atoms with van der Waals surface area (Å²) in [6, 6.07) is 9.33. The van der Waals surface area contributed by atoms with E-state index in [1.807, 2.05) is 62.2 Å². The summed E-state index contributed by atoms with van der Waals surface area (Å²) in [5.41, 5.74) is 3.72. The molecule has 124 valence electrons. The molecule has 0 saturated carbocycles. The summed E-state index contributed by atoms with van der Waals surface area (Å²) in [7, 11) is 0. The van der Waals surface area contributed by atoms with E-state index in [4.69, 9.17) is 0 Å². The molecule has 0 fully saturated rings. The number of ketones is 1. The number of pyridine rings is 1. The van der Waals surface area contributed by atoms with Gasteiger partial charge in [0.15, 0.2) is 5.78 Å². The molecule has 1 aliphatic rings. The predicted octanol–water partition coefficient (Wildman–Crippen LogP) is 3.61. The summed E-state index contributed by atoms with van der Waals surface area (Å²) in [4.78, 5) is 30.9. The van der Waals surface area contributed by atoms with Gasteiger partial charge in [-0.25, -0.2) is 0 Å². The van der Waals surface area contributed by atoms with E-state index < -0.39 is 0 Å². The van der Waals surface area contributed by atoms with Gasteiger partial charge in [-0.05, 0) is 30.5 Å². The molecule has 1 amide bonds. The van der Waals surface area contributed by atoms with Crippen molar-refractivity contribution in [1.82, 2.24) is 4.98 Å². The molecule has 2 aromatic rings. The highest BCUT2D eigenvalue weighted by atomic mass is 16.2. The average molecular weight is 322 g/mol. The minimum Gasteiger partial charge on any atom is -0.311 e. The normalized spacial score (nSPS) is 14.6. The van der Waals surface area contributed by atoms with Crippen LogP contribution in [0.3, 0.4) is 0 Å². The van der Waals surface area contributed by atoms with Crippen LogP contribution in [0.5, 0.6) is 0 Å². The van der Waals surface area contributed by atoms with Gasteiger partial charge < -0.3 is 4.90 Å². The van der Waals surface area contributed by atoms with Crippen LogP contribution in [0.25, 0.3) is 0 Å². The Morgan fingerprint density at radius 2 is 1.79 bits per heavy atom. The molecule has 3 rings (SSSR count). The summed E-state index contributed by atoms with van der Waals surface area (Å²) in [6.45, 7) is 6.40. The lowest BCUT2D eigenvalue weighted by Gasteiger charge is -2.22. The standard InChI is InChI=1S/C20H22N2O2/c1-13(2)19(23)16-6-4-15(5-7-16)14(3)20(24)22-11-9-17-12-21-10-8-18(17)22/h4-8,10,12-14H,9,11H2,1-3H3/t14-/m0/s1. The monoisotopic (exact) mass is 322 g/mol. The number of aromatic nitrogens is 1. The van der Waals surface area contributed by atoms with Crippen LogP contribution >= 0.6 is 0 Å². The zero-order valence-corrected chi connectivity index (χ0v) is 14.3. The molecule has 0 saturated heterocycles. The number of amides is 1. The van der Waals surface area contributed by atoms with E-state index in [1.54, 1.807) is 6.20 Å². The molecule has 1 aromatic heterocycles. The van der Waals surface area contributed by atoms with Gasteiger partial charge in [-0.2, -0.15) is 0 Å². The number of benzene rings is 1. The molecule has 0 unspecified atom stereocenters. The minimum absolute atomic E-state index is 0.0235. The number of carbonyl (C=O) groups is 2. The molecular formula is C20H22N2O2. The van der Waals surface area contributed by atoms with Crippen LogP contribution in [-0.4, -0.2) is 23.2 Å². The Morgan fingerprint density at radius 3 is 2.46 bits per heavy atom. The number of hydrogen-bond donors (Lipinski definition) is 0. The quantitative estimate of drug-likeness (QED) is 0.808. The van der Waals surface area contributed by atoms with Gasteiger partial charge in [-0.3, -0.25) is 14.6 Å². The Labute approximate surface area is 142 Å². The average Bonchev–Trinajstić information content (AvgIpc) is 3.04. The molecule has 4 nitrogen and oxygen atoms in total. The van der Waals surface area contributed by atoms with Crippen LogP contribution < -0.4 is 4.90 Å². The molecule has 1 aliphatic heterocycles. The fourth-order valence-corrected chi connectivity index (χ4v) is 3.10. The van der Waals surface area contributed by atoms with Crippen LogP contribution in [0.4, 0.5) is 5.69 Å². The molecule has 2 heterocycles. The molecule has 1 atom stereocenters. The molecule has 24 heavy (non-hydrogen) atoms. The first kappa shape index (κ1) is 16.4. The second-order valence-electron chi connectivity index (χ2n) is 6.61. The van der Waals surface area contributed by atoms with Crippen LogP contribution in [0.2, 0.25) is 0 Å². The summed E-state index contributed by atoms with van der Waals surface area (Å²) in [5.74, 6) is -0.0543.